The van der Waals surface area contributed by atoms with Gasteiger partial charge in [0.2, 0.25) is 5.95 Å². The summed E-state index contributed by atoms with van der Waals surface area (Å²) in [6.07, 6.45) is 2.73. The zero-order chi connectivity index (χ0) is 17.1. The Labute approximate surface area is 142 Å². The van der Waals surface area contributed by atoms with Crippen molar-refractivity contribution in [1.82, 2.24) is 9.97 Å². The summed E-state index contributed by atoms with van der Waals surface area (Å²) >= 11 is 0. The summed E-state index contributed by atoms with van der Waals surface area (Å²) in [7, 11) is 3.33. The number of fused-ring (bicyclic) bond motifs is 1. The first kappa shape index (κ1) is 16.4. The van der Waals surface area contributed by atoms with Crippen molar-refractivity contribution in [2.75, 3.05) is 31.0 Å². The molecule has 0 radical (unpaired) electrons. The minimum absolute atomic E-state index is 0.339. The van der Waals surface area contributed by atoms with Crippen LogP contribution in [-0.2, 0) is 13.0 Å². The highest BCUT2D eigenvalue weighted by Gasteiger charge is 2.21. The van der Waals surface area contributed by atoms with Gasteiger partial charge < -0.3 is 19.7 Å². The molecule has 0 saturated carbocycles. The van der Waals surface area contributed by atoms with Gasteiger partial charge in [0.25, 0.3) is 0 Å². The van der Waals surface area contributed by atoms with E-state index in [1.54, 1.807) is 20.4 Å². The van der Waals surface area contributed by atoms with E-state index in [0.29, 0.717) is 6.04 Å². The molecule has 0 saturated heterocycles. The molecule has 2 aromatic rings. The van der Waals surface area contributed by atoms with Crippen LogP contribution in [0.4, 0.5) is 11.8 Å². The Morgan fingerprint density at radius 1 is 1.12 bits per heavy atom. The van der Waals surface area contributed by atoms with Crippen molar-refractivity contribution in [3.05, 3.63) is 35.5 Å². The van der Waals surface area contributed by atoms with Gasteiger partial charge in [0.15, 0.2) is 11.5 Å². The van der Waals surface area contributed by atoms with Gasteiger partial charge in [-0.2, -0.15) is 4.98 Å². The van der Waals surface area contributed by atoms with Crippen LogP contribution in [0.1, 0.15) is 25.0 Å². The minimum Gasteiger partial charge on any atom is -0.493 e. The highest BCUT2D eigenvalue weighted by atomic mass is 16.5. The maximum absolute atomic E-state index is 5.42. The SMILES string of the molecule is COc1cc2c(cc1OC)CN(c1nccc(NC(C)C)n1)CC2. The fourth-order valence-electron chi connectivity index (χ4n) is 2.93. The first-order chi connectivity index (χ1) is 11.6. The Bertz CT molecular complexity index is 718. The smallest absolute Gasteiger partial charge is 0.227 e. The summed E-state index contributed by atoms with van der Waals surface area (Å²) in [5.74, 6) is 3.15. The lowest BCUT2D eigenvalue weighted by molar-refractivity contribution is 0.353. The standard InChI is InChI=1S/C18H24N4O2/c1-12(2)20-17-5-7-19-18(21-17)22-8-6-13-9-15(23-3)16(24-4)10-14(13)11-22/h5,7,9-10,12H,6,8,11H2,1-4H3,(H,19,20,21). The van der Waals surface area contributed by atoms with E-state index in [4.69, 9.17) is 9.47 Å². The molecular formula is C18H24N4O2. The third-order valence-corrected chi connectivity index (χ3v) is 4.08. The van der Waals surface area contributed by atoms with Crippen molar-refractivity contribution in [2.45, 2.75) is 32.9 Å². The molecule has 1 aromatic carbocycles. The Kier molecular flexibility index (Phi) is 4.74. The second-order valence-corrected chi connectivity index (χ2v) is 6.19. The van der Waals surface area contributed by atoms with Crippen molar-refractivity contribution in [3.8, 4) is 11.5 Å². The van der Waals surface area contributed by atoms with Crippen molar-refractivity contribution in [3.63, 3.8) is 0 Å². The number of anilines is 2. The van der Waals surface area contributed by atoms with E-state index < -0.39 is 0 Å². The second-order valence-electron chi connectivity index (χ2n) is 6.19. The highest BCUT2D eigenvalue weighted by molar-refractivity contribution is 5.51. The van der Waals surface area contributed by atoms with Gasteiger partial charge in [-0.1, -0.05) is 0 Å². The monoisotopic (exact) mass is 328 g/mol. The number of methoxy groups -OCH3 is 2. The number of benzene rings is 1. The zero-order valence-corrected chi connectivity index (χ0v) is 14.7. The topological polar surface area (TPSA) is 59.5 Å². The van der Waals surface area contributed by atoms with Crippen LogP contribution in [0.25, 0.3) is 0 Å². The van der Waals surface area contributed by atoms with E-state index in [1.807, 2.05) is 6.07 Å². The van der Waals surface area contributed by atoms with Gasteiger partial charge in [-0.25, -0.2) is 4.98 Å². The van der Waals surface area contributed by atoms with Crippen molar-refractivity contribution >= 4 is 11.8 Å². The van der Waals surface area contributed by atoms with Crippen LogP contribution in [0, 0.1) is 0 Å². The molecule has 0 amide bonds. The van der Waals surface area contributed by atoms with Crippen LogP contribution in [0.2, 0.25) is 0 Å². The molecule has 6 nitrogen and oxygen atoms in total. The summed E-state index contributed by atoms with van der Waals surface area (Å²) in [6.45, 7) is 5.84. The van der Waals surface area contributed by atoms with E-state index in [9.17, 15) is 0 Å². The molecule has 0 unspecified atom stereocenters. The molecule has 24 heavy (non-hydrogen) atoms. The van der Waals surface area contributed by atoms with Gasteiger partial charge in [-0.3, -0.25) is 0 Å². The first-order valence-corrected chi connectivity index (χ1v) is 8.19. The Morgan fingerprint density at radius 2 is 1.83 bits per heavy atom. The first-order valence-electron chi connectivity index (χ1n) is 8.19. The van der Waals surface area contributed by atoms with Crippen LogP contribution >= 0.6 is 0 Å². The summed E-state index contributed by atoms with van der Waals surface area (Å²) in [6, 6.07) is 6.36. The molecule has 0 aliphatic carbocycles. The Hall–Kier alpha value is -2.50. The molecule has 128 valence electrons. The third-order valence-electron chi connectivity index (χ3n) is 4.08. The fraction of sp³-hybridized carbons (Fsp3) is 0.444. The summed E-state index contributed by atoms with van der Waals surface area (Å²) < 4.78 is 10.8. The normalized spacial score (nSPS) is 13.6. The Balaban J connectivity index is 1.84. The number of hydrogen-bond acceptors (Lipinski definition) is 6. The van der Waals surface area contributed by atoms with E-state index in [-0.39, 0.29) is 0 Å². The second kappa shape index (κ2) is 6.95. The molecule has 0 spiro atoms. The number of rotatable bonds is 5. The quantitative estimate of drug-likeness (QED) is 0.911. The molecule has 1 N–H and O–H groups in total. The number of ether oxygens (including phenoxy) is 2. The zero-order valence-electron chi connectivity index (χ0n) is 14.7. The van der Waals surface area contributed by atoms with Crippen molar-refractivity contribution in [2.24, 2.45) is 0 Å². The molecule has 2 heterocycles. The van der Waals surface area contributed by atoms with Crippen LogP contribution in [0.15, 0.2) is 24.4 Å². The third kappa shape index (κ3) is 3.37. The molecule has 0 fully saturated rings. The molecule has 0 bridgehead atoms. The number of nitrogens with one attached hydrogen (secondary N) is 1. The molecule has 1 aromatic heterocycles. The van der Waals surface area contributed by atoms with E-state index in [0.717, 1.165) is 42.8 Å². The number of nitrogens with zero attached hydrogens (tertiary/aromatic N) is 3. The average molecular weight is 328 g/mol. The predicted molar refractivity (Wildman–Crippen MR) is 95.1 cm³/mol. The van der Waals surface area contributed by atoms with Crippen LogP contribution in [0.5, 0.6) is 11.5 Å². The van der Waals surface area contributed by atoms with Gasteiger partial charge in [0, 0.05) is 25.3 Å². The van der Waals surface area contributed by atoms with Gasteiger partial charge in [0.1, 0.15) is 5.82 Å². The predicted octanol–water partition coefficient (Wildman–Crippen LogP) is 2.88. The van der Waals surface area contributed by atoms with Gasteiger partial charge in [0.05, 0.1) is 14.2 Å². The number of aromatic nitrogens is 2. The number of hydrogen-bond donors (Lipinski definition) is 1. The lowest BCUT2D eigenvalue weighted by Crippen LogP contribution is -2.32. The van der Waals surface area contributed by atoms with E-state index in [2.05, 4.69) is 46.2 Å². The van der Waals surface area contributed by atoms with Gasteiger partial charge >= 0.3 is 0 Å². The fourth-order valence-corrected chi connectivity index (χ4v) is 2.93. The van der Waals surface area contributed by atoms with Crippen molar-refractivity contribution < 1.29 is 9.47 Å². The highest BCUT2D eigenvalue weighted by Crippen LogP contribution is 2.33. The van der Waals surface area contributed by atoms with Gasteiger partial charge in [-0.05, 0) is 49.6 Å². The molecule has 6 heteroatoms. The lowest BCUT2D eigenvalue weighted by Gasteiger charge is -2.29. The molecule has 1 aliphatic heterocycles. The maximum Gasteiger partial charge on any atom is 0.227 e. The minimum atomic E-state index is 0.339. The maximum atomic E-state index is 5.42. The molecule has 0 atom stereocenters. The molecule has 3 rings (SSSR count). The summed E-state index contributed by atoms with van der Waals surface area (Å²) in [4.78, 5) is 11.3. The summed E-state index contributed by atoms with van der Waals surface area (Å²) in [5.41, 5.74) is 2.52. The molecular weight excluding hydrogens is 304 g/mol. The van der Waals surface area contributed by atoms with Crippen molar-refractivity contribution in [1.29, 1.82) is 0 Å². The van der Waals surface area contributed by atoms with E-state index in [1.165, 1.54) is 11.1 Å². The average Bonchev–Trinajstić information content (AvgIpc) is 2.59. The lowest BCUT2D eigenvalue weighted by atomic mass is 9.99. The van der Waals surface area contributed by atoms with Crippen LogP contribution in [0.3, 0.4) is 0 Å². The van der Waals surface area contributed by atoms with Crippen LogP contribution < -0.4 is 19.7 Å². The summed E-state index contributed by atoms with van der Waals surface area (Å²) in [5, 5.41) is 3.32. The van der Waals surface area contributed by atoms with E-state index >= 15 is 0 Å². The Morgan fingerprint density at radius 3 is 2.50 bits per heavy atom. The largest absolute Gasteiger partial charge is 0.493 e. The van der Waals surface area contributed by atoms with Gasteiger partial charge in [-0.15, -0.1) is 0 Å². The molecule has 1 aliphatic rings. The van der Waals surface area contributed by atoms with Crippen LogP contribution in [-0.4, -0.2) is 36.8 Å².